The molecule has 2 unspecified atom stereocenters. The first-order chi connectivity index (χ1) is 5.37. The van der Waals surface area contributed by atoms with Gasteiger partial charge in [-0.2, -0.15) is 0 Å². The molecule has 0 radical (unpaired) electrons. The quantitative estimate of drug-likeness (QED) is 0.428. The summed E-state index contributed by atoms with van der Waals surface area (Å²) in [6.45, 7) is 10.9. The largest absolute Gasteiger partial charge is 0.132 e. The third-order valence-electron chi connectivity index (χ3n) is 1.69. The number of hydrogen-bond donors (Lipinski definition) is 0. The predicted molar refractivity (Wildman–Crippen MR) is 58.3 cm³/mol. The van der Waals surface area contributed by atoms with Gasteiger partial charge in [0.25, 0.3) is 0 Å². The van der Waals surface area contributed by atoms with Crippen LogP contribution in [0.4, 0.5) is 0 Å². The van der Waals surface area contributed by atoms with Crippen LogP contribution in [-0.2, 0) is 0 Å². The fraction of sp³-hybridized carbons (Fsp3) is 0.636. The molecule has 0 N–H and O–H groups in total. The second kappa shape index (κ2) is 4.38. The fourth-order valence-electron chi connectivity index (χ4n) is 0.600. The lowest BCUT2D eigenvalue weighted by Gasteiger charge is -2.09. The molecule has 0 fully saturated rings. The Kier molecular flexibility index (Phi) is 4.14. The van der Waals surface area contributed by atoms with Crippen LogP contribution in [0.5, 0.6) is 0 Å². The van der Waals surface area contributed by atoms with E-state index in [0.29, 0.717) is 5.92 Å². The topological polar surface area (TPSA) is 0 Å². The molecule has 0 aliphatic heterocycles. The molecular weight excluding hydrogens is 160 g/mol. The highest BCUT2D eigenvalue weighted by Crippen LogP contribution is 2.08. The van der Waals surface area contributed by atoms with Crippen LogP contribution in [0.15, 0.2) is 0 Å². The molecule has 0 bridgehead atoms. The van der Waals surface area contributed by atoms with Gasteiger partial charge in [0.1, 0.15) is 8.07 Å². The zero-order valence-electron chi connectivity index (χ0n) is 8.73. The minimum Gasteiger partial charge on any atom is -0.132 e. The van der Waals surface area contributed by atoms with Gasteiger partial charge in [-0.15, -0.1) is 23.8 Å². The van der Waals surface area contributed by atoms with Crippen LogP contribution in [0, 0.1) is 35.6 Å². The summed E-state index contributed by atoms with van der Waals surface area (Å²) in [4.78, 5) is 0. The molecule has 0 aromatic rings. The molecule has 2 atom stereocenters. The van der Waals surface area contributed by atoms with Crippen molar-refractivity contribution in [1.82, 2.24) is 0 Å². The Hall–Kier alpha value is -0.663. The maximum absolute atomic E-state index is 5.31. The van der Waals surface area contributed by atoms with E-state index in [1.54, 1.807) is 0 Å². The van der Waals surface area contributed by atoms with Gasteiger partial charge in [-0.3, -0.25) is 0 Å². The van der Waals surface area contributed by atoms with Gasteiger partial charge in [0.15, 0.2) is 0 Å². The van der Waals surface area contributed by atoms with Gasteiger partial charge >= 0.3 is 0 Å². The third kappa shape index (κ3) is 5.05. The summed E-state index contributed by atoms with van der Waals surface area (Å²) >= 11 is 0. The number of terminal acetylenes is 1. The zero-order chi connectivity index (χ0) is 9.78. The summed E-state index contributed by atoms with van der Waals surface area (Å²) in [5.74, 6) is 6.56. The molecule has 0 saturated carbocycles. The Morgan fingerprint density at radius 1 is 1.08 bits per heavy atom. The SMILES string of the molecule is C#CC(C)C(C)C#C[Si](C)(C)C. The van der Waals surface area contributed by atoms with E-state index in [1.807, 2.05) is 6.92 Å². The molecule has 0 saturated heterocycles. The van der Waals surface area contributed by atoms with Gasteiger partial charge in [-0.1, -0.05) is 33.5 Å². The van der Waals surface area contributed by atoms with Crippen molar-refractivity contribution >= 4 is 8.07 Å². The lowest BCUT2D eigenvalue weighted by molar-refractivity contribution is 0.596. The second-order valence-corrected chi connectivity index (χ2v) is 9.01. The van der Waals surface area contributed by atoms with Gasteiger partial charge in [-0.05, 0) is 0 Å². The Morgan fingerprint density at radius 3 is 1.92 bits per heavy atom. The zero-order valence-corrected chi connectivity index (χ0v) is 9.73. The van der Waals surface area contributed by atoms with Crippen molar-refractivity contribution in [1.29, 1.82) is 0 Å². The fourth-order valence-corrected chi connectivity index (χ4v) is 1.26. The van der Waals surface area contributed by atoms with Crippen LogP contribution in [-0.4, -0.2) is 8.07 Å². The summed E-state index contributed by atoms with van der Waals surface area (Å²) < 4.78 is 0. The smallest absolute Gasteiger partial charge is 0.129 e. The van der Waals surface area contributed by atoms with E-state index in [9.17, 15) is 0 Å². The van der Waals surface area contributed by atoms with Crippen molar-refractivity contribution in [2.45, 2.75) is 33.5 Å². The van der Waals surface area contributed by atoms with Crippen LogP contribution in [0.2, 0.25) is 19.6 Å². The van der Waals surface area contributed by atoms with Crippen LogP contribution in [0.25, 0.3) is 0 Å². The maximum Gasteiger partial charge on any atom is 0.129 e. The monoisotopic (exact) mass is 178 g/mol. The van der Waals surface area contributed by atoms with Gasteiger partial charge in [0, 0.05) is 11.8 Å². The highest BCUT2D eigenvalue weighted by atomic mass is 28.3. The van der Waals surface area contributed by atoms with Gasteiger partial charge in [0.2, 0.25) is 0 Å². The third-order valence-corrected chi connectivity index (χ3v) is 2.58. The van der Waals surface area contributed by atoms with Gasteiger partial charge in [-0.25, -0.2) is 0 Å². The van der Waals surface area contributed by atoms with E-state index >= 15 is 0 Å². The Bertz CT molecular complexity index is 228. The highest BCUT2D eigenvalue weighted by molar-refractivity contribution is 6.83. The molecule has 0 aliphatic rings. The van der Waals surface area contributed by atoms with Crippen molar-refractivity contribution in [2.24, 2.45) is 11.8 Å². The Morgan fingerprint density at radius 2 is 1.58 bits per heavy atom. The molecular formula is C11H18Si. The summed E-state index contributed by atoms with van der Waals surface area (Å²) in [6.07, 6.45) is 5.31. The second-order valence-electron chi connectivity index (χ2n) is 4.26. The molecule has 12 heavy (non-hydrogen) atoms. The first-order valence-electron chi connectivity index (χ1n) is 4.35. The van der Waals surface area contributed by atoms with Crippen molar-refractivity contribution < 1.29 is 0 Å². The Balaban J connectivity index is 4.25. The predicted octanol–water partition coefficient (Wildman–Crippen LogP) is 2.77. The van der Waals surface area contributed by atoms with Crippen LogP contribution >= 0.6 is 0 Å². The van der Waals surface area contributed by atoms with Crippen LogP contribution in [0.1, 0.15) is 13.8 Å². The molecule has 0 aromatic carbocycles. The molecule has 0 heterocycles. The molecule has 0 amide bonds. The number of hydrogen-bond acceptors (Lipinski definition) is 0. The van der Waals surface area contributed by atoms with Crippen molar-refractivity contribution in [2.75, 3.05) is 0 Å². The molecule has 0 aromatic heterocycles. The molecule has 0 rings (SSSR count). The standard InChI is InChI=1S/C11H18Si/c1-7-10(2)11(3)8-9-12(4,5)6/h1,10-11H,2-6H3. The van der Waals surface area contributed by atoms with E-state index in [0.717, 1.165) is 0 Å². The summed E-state index contributed by atoms with van der Waals surface area (Å²) in [7, 11) is -1.21. The maximum atomic E-state index is 5.31. The average molecular weight is 178 g/mol. The summed E-state index contributed by atoms with van der Waals surface area (Å²) in [6, 6.07) is 0. The van der Waals surface area contributed by atoms with E-state index < -0.39 is 8.07 Å². The van der Waals surface area contributed by atoms with E-state index in [4.69, 9.17) is 6.42 Å². The molecule has 0 aliphatic carbocycles. The van der Waals surface area contributed by atoms with Crippen LogP contribution < -0.4 is 0 Å². The lowest BCUT2D eigenvalue weighted by Crippen LogP contribution is -2.17. The average Bonchev–Trinajstić information content (AvgIpc) is 1.97. The first kappa shape index (κ1) is 11.3. The van der Waals surface area contributed by atoms with E-state index in [-0.39, 0.29) is 5.92 Å². The highest BCUT2D eigenvalue weighted by Gasteiger charge is 2.10. The first-order valence-corrected chi connectivity index (χ1v) is 7.85. The van der Waals surface area contributed by atoms with Crippen molar-refractivity contribution in [3.8, 4) is 23.8 Å². The molecule has 0 spiro atoms. The van der Waals surface area contributed by atoms with Gasteiger partial charge < -0.3 is 0 Å². The van der Waals surface area contributed by atoms with Crippen molar-refractivity contribution in [3.63, 3.8) is 0 Å². The molecule has 0 nitrogen and oxygen atoms in total. The van der Waals surface area contributed by atoms with E-state index in [2.05, 4.69) is 43.9 Å². The normalized spacial score (nSPS) is 15.3. The minimum absolute atomic E-state index is 0.272. The number of rotatable bonds is 1. The van der Waals surface area contributed by atoms with Gasteiger partial charge in [0.05, 0.1) is 0 Å². The van der Waals surface area contributed by atoms with E-state index in [1.165, 1.54) is 0 Å². The van der Waals surface area contributed by atoms with Crippen LogP contribution in [0.3, 0.4) is 0 Å². The van der Waals surface area contributed by atoms with Crippen molar-refractivity contribution in [3.05, 3.63) is 0 Å². The Labute approximate surface area is 77.8 Å². The molecule has 66 valence electrons. The minimum atomic E-state index is -1.21. The summed E-state index contributed by atoms with van der Waals surface area (Å²) in [5, 5.41) is 0. The lowest BCUT2D eigenvalue weighted by atomic mass is 9.98. The molecule has 1 heteroatoms. The summed E-state index contributed by atoms with van der Waals surface area (Å²) in [5.41, 5.74) is 3.33.